The molecular formula is C14H22N2O3. The van der Waals surface area contributed by atoms with Crippen LogP contribution in [-0.4, -0.2) is 40.5 Å². The number of hydrogen-bond acceptors (Lipinski definition) is 3. The van der Waals surface area contributed by atoms with Crippen LogP contribution in [0, 0.1) is 23.2 Å². The highest BCUT2D eigenvalue weighted by Crippen LogP contribution is 2.59. The van der Waals surface area contributed by atoms with Gasteiger partial charge < -0.3 is 15.7 Å². The molecule has 0 aromatic rings. The quantitative estimate of drug-likeness (QED) is 0.770. The molecule has 1 saturated heterocycles. The normalized spacial score (nSPS) is 43.1. The second-order valence-corrected chi connectivity index (χ2v) is 7.09. The van der Waals surface area contributed by atoms with Gasteiger partial charge in [0.1, 0.15) is 0 Å². The van der Waals surface area contributed by atoms with Crippen molar-refractivity contribution in [2.24, 2.45) is 28.9 Å². The molecule has 2 saturated carbocycles. The number of likely N-dealkylation sites (tertiary alicyclic amines) is 1. The van der Waals surface area contributed by atoms with E-state index in [4.69, 9.17) is 5.73 Å². The monoisotopic (exact) mass is 266 g/mol. The average Bonchev–Trinajstić information content (AvgIpc) is 2.74. The summed E-state index contributed by atoms with van der Waals surface area (Å²) in [4.78, 5) is 25.7. The van der Waals surface area contributed by atoms with E-state index in [1.54, 1.807) is 0 Å². The van der Waals surface area contributed by atoms with Crippen LogP contribution in [0.15, 0.2) is 0 Å². The zero-order valence-electron chi connectivity index (χ0n) is 11.5. The first-order chi connectivity index (χ1) is 8.82. The standard InChI is InChI=1S/C14H22N2O3/c1-14(2)10(11(14)13(18)19)12(17)16-6-7-3-8(15)5-9(16)4-7/h7-11H,3-6,15H2,1-2H3,(H,18,19). The summed E-state index contributed by atoms with van der Waals surface area (Å²) in [5.74, 6) is -1.15. The number of carbonyl (C=O) groups excluding carboxylic acids is 1. The molecule has 0 spiro atoms. The third kappa shape index (κ3) is 1.86. The van der Waals surface area contributed by atoms with Crippen molar-refractivity contribution in [1.82, 2.24) is 4.90 Å². The second kappa shape index (κ2) is 3.95. The van der Waals surface area contributed by atoms with Crippen LogP contribution in [0.25, 0.3) is 0 Å². The predicted molar refractivity (Wildman–Crippen MR) is 69.2 cm³/mol. The smallest absolute Gasteiger partial charge is 0.307 e. The lowest BCUT2D eigenvalue weighted by molar-refractivity contribution is -0.142. The van der Waals surface area contributed by atoms with Gasteiger partial charge in [0.25, 0.3) is 0 Å². The number of nitrogens with zero attached hydrogens (tertiary/aromatic N) is 1. The Bertz CT molecular complexity index is 434. The van der Waals surface area contributed by atoms with Crippen molar-refractivity contribution >= 4 is 11.9 Å². The minimum Gasteiger partial charge on any atom is -0.481 e. The van der Waals surface area contributed by atoms with Crippen molar-refractivity contribution in [3.8, 4) is 0 Å². The van der Waals surface area contributed by atoms with Crippen LogP contribution in [-0.2, 0) is 9.59 Å². The fourth-order valence-electron chi connectivity index (χ4n) is 4.29. The summed E-state index contributed by atoms with van der Waals surface area (Å²) in [5, 5.41) is 9.19. The van der Waals surface area contributed by atoms with Gasteiger partial charge in [0.05, 0.1) is 11.8 Å². The molecule has 2 aliphatic carbocycles. The molecule has 3 aliphatic rings. The predicted octanol–water partition coefficient (Wildman–Crippen LogP) is 0.681. The Morgan fingerprint density at radius 1 is 1.21 bits per heavy atom. The number of hydrogen-bond donors (Lipinski definition) is 2. The van der Waals surface area contributed by atoms with Crippen LogP contribution in [0.5, 0.6) is 0 Å². The van der Waals surface area contributed by atoms with E-state index >= 15 is 0 Å². The number of amides is 1. The van der Waals surface area contributed by atoms with Gasteiger partial charge in [-0.2, -0.15) is 0 Å². The molecule has 3 rings (SSSR count). The number of nitrogens with two attached hydrogens (primary N) is 1. The molecule has 106 valence electrons. The summed E-state index contributed by atoms with van der Waals surface area (Å²) < 4.78 is 0. The molecule has 0 radical (unpaired) electrons. The largest absolute Gasteiger partial charge is 0.481 e. The van der Waals surface area contributed by atoms with E-state index in [0.29, 0.717) is 5.92 Å². The summed E-state index contributed by atoms with van der Waals surface area (Å²) in [6, 6.07) is 0.441. The molecule has 1 heterocycles. The number of carbonyl (C=O) groups is 2. The maximum Gasteiger partial charge on any atom is 0.307 e. The summed E-state index contributed by atoms with van der Waals surface area (Å²) in [7, 11) is 0. The van der Waals surface area contributed by atoms with E-state index in [9.17, 15) is 14.7 Å². The van der Waals surface area contributed by atoms with Crippen LogP contribution in [0.3, 0.4) is 0 Å². The third-order valence-corrected chi connectivity index (χ3v) is 5.35. The summed E-state index contributed by atoms with van der Waals surface area (Å²) in [5.41, 5.74) is 5.61. The highest BCUT2D eigenvalue weighted by Gasteiger charge is 2.67. The van der Waals surface area contributed by atoms with Crippen LogP contribution in [0.2, 0.25) is 0 Å². The van der Waals surface area contributed by atoms with Crippen LogP contribution >= 0.6 is 0 Å². The SMILES string of the molecule is CC1(C)C(C(=O)O)C1C(=O)N1CC2CC(N)CC1C2. The van der Waals surface area contributed by atoms with Crippen molar-refractivity contribution < 1.29 is 14.7 Å². The molecule has 5 nitrogen and oxygen atoms in total. The molecule has 5 unspecified atom stereocenters. The maximum absolute atomic E-state index is 12.6. The Labute approximate surface area is 113 Å². The molecule has 0 aromatic carbocycles. The van der Waals surface area contributed by atoms with Crippen molar-refractivity contribution in [1.29, 1.82) is 0 Å². The second-order valence-electron chi connectivity index (χ2n) is 7.09. The van der Waals surface area contributed by atoms with Crippen molar-refractivity contribution in [3.05, 3.63) is 0 Å². The zero-order valence-corrected chi connectivity index (χ0v) is 11.5. The van der Waals surface area contributed by atoms with E-state index in [2.05, 4.69) is 0 Å². The lowest BCUT2D eigenvalue weighted by Gasteiger charge is -2.28. The van der Waals surface area contributed by atoms with E-state index in [-0.39, 0.29) is 23.9 Å². The average molecular weight is 266 g/mol. The fraction of sp³-hybridized carbons (Fsp3) is 0.857. The van der Waals surface area contributed by atoms with Crippen molar-refractivity contribution in [2.75, 3.05) is 6.54 Å². The van der Waals surface area contributed by atoms with Gasteiger partial charge in [-0.3, -0.25) is 9.59 Å². The van der Waals surface area contributed by atoms with Gasteiger partial charge in [0, 0.05) is 18.6 Å². The number of fused-ring (bicyclic) bond motifs is 2. The molecule has 0 aromatic heterocycles. The topological polar surface area (TPSA) is 83.6 Å². The summed E-state index contributed by atoms with van der Waals surface area (Å²) in [6.45, 7) is 4.53. The fourth-order valence-corrected chi connectivity index (χ4v) is 4.29. The first kappa shape index (κ1) is 12.9. The highest BCUT2D eigenvalue weighted by atomic mass is 16.4. The van der Waals surface area contributed by atoms with Crippen LogP contribution in [0.4, 0.5) is 0 Å². The van der Waals surface area contributed by atoms with Gasteiger partial charge in [0.15, 0.2) is 0 Å². The van der Waals surface area contributed by atoms with Crippen molar-refractivity contribution in [3.63, 3.8) is 0 Å². The van der Waals surface area contributed by atoms with Gasteiger partial charge in [-0.25, -0.2) is 0 Å². The van der Waals surface area contributed by atoms with E-state index < -0.39 is 17.3 Å². The van der Waals surface area contributed by atoms with Crippen LogP contribution < -0.4 is 5.73 Å². The minimum absolute atomic E-state index is 0.0407. The molecular weight excluding hydrogens is 244 g/mol. The number of rotatable bonds is 2. The molecule has 19 heavy (non-hydrogen) atoms. The highest BCUT2D eigenvalue weighted by molar-refractivity contribution is 5.92. The number of carboxylic acid groups (broad SMARTS) is 1. The molecule has 1 aliphatic heterocycles. The lowest BCUT2D eigenvalue weighted by atomic mass is 9.87. The summed E-state index contributed by atoms with van der Waals surface area (Å²) >= 11 is 0. The Hall–Kier alpha value is -1.10. The Balaban J connectivity index is 1.74. The molecule has 1 amide bonds. The van der Waals surface area contributed by atoms with Crippen molar-refractivity contribution in [2.45, 2.75) is 45.2 Å². The van der Waals surface area contributed by atoms with Gasteiger partial charge >= 0.3 is 5.97 Å². The molecule has 5 atom stereocenters. The van der Waals surface area contributed by atoms with Gasteiger partial charge in [0.2, 0.25) is 5.91 Å². The first-order valence-electron chi connectivity index (χ1n) is 7.11. The van der Waals surface area contributed by atoms with Gasteiger partial charge in [-0.1, -0.05) is 13.8 Å². The Kier molecular flexibility index (Phi) is 2.68. The van der Waals surface area contributed by atoms with E-state index in [1.807, 2.05) is 18.7 Å². The molecule has 2 bridgehead atoms. The van der Waals surface area contributed by atoms with Gasteiger partial charge in [-0.05, 0) is 30.6 Å². The van der Waals surface area contributed by atoms with E-state index in [0.717, 1.165) is 25.8 Å². The molecule has 3 fully saturated rings. The third-order valence-electron chi connectivity index (χ3n) is 5.35. The van der Waals surface area contributed by atoms with E-state index in [1.165, 1.54) is 0 Å². The van der Waals surface area contributed by atoms with Gasteiger partial charge in [-0.15, -0.1) is 0 Å². The number of aliphatic carboxylic acids is 1. The maximum atomic E-state index is 12.6. The first-order valence-corrected chi connectivity index (χ1v) is 7.11. The Morgan fingerprint density at radius 2 is 1.89 bits per heavy atom. The summed E-state index contributed by atoms with van der Waals surface area (Å²) in [6.07, 6.45) is 2.91. The lowest BCUT2D eigenvalue weighted by Crippen LogP contribution is -2.40. The molecule has 5 heteroatoms. The Morgan fingerprint density at radius 3 is 2.47 bits per heavy atom. The minimum atomic E-state index is -0.845. The van der Waals surface area contributed by atoms with Crippen LogP contribution in [0.1, 0.15) is 33.1 Å². The zero-order chi connectivity index (χ0) is 13.9. The molecule has 3 N–H and O–H groups in total. The number of carboxylic acids is 1.